The number of aromatic nitrogens is 2. The Balaban J connectivity index is 1.27. The van der Waals surface area contributed by atoms with Gasteiger partial charge in [0.2, 0.25) is 0 Å². The van der Waals surface area contributed by atoms with Crippen molar-refractivity contribution in [1.29, 1.82) is 0 Å². The molecule has 1 saturated carbocycles. The Labute approximate surface area is 259 Å². The average Bonchev–Trinajstić information content (AvgIpc) is 3.42. The minimum atomic E-state index is -0.950. The number of ether oxygens (including phenoxy) is 1. The highest BCUT2D eigenvalue weighted by Gasteiger charge is 2.45. The van der Waals surface area contributed by atoms with Crippen molar-refractivity contribution in [2.45, 2.75) is 50.6 Å². The predicted octanol–water partition coefficient (Wildman–Crippen LogP) is 5.75. The third-order valence-electron chi connectivity index (χ3n) is 10.0. The van der Waals surface area contributed by atoms with Crippen LogP contribution in [0.1, 0.15) is 44.1 Å². The lowest BCUT2D eigenvalue weighted by atomic mass is 9.92. The lowest BCUT2D eigenvalue weighted by Gasteiger charge is -2.34. The summed E-state index contributed by atoms with van der Waals surface area (Å²) >= 11 is 0. The summed E-state index contributed by atoms with van der Waals surface area (Å²) in [4.78, 5) is 13.8. The summed E-state index contributed by atoms with van der Waals surface area (Å²) < 4.78 is 54.1. The molecule has 3 saturated heterocycles. The summed E-state index contributed by atoms with van der Waals surface area (Å²) in [5.41, 5.74) is -0.719. The number of halogens is 3. The first-order valence-corrected chi connectivity index (χ1v) is 15.8. The van der Waals surface area contributed by atoms with Gasteiger partial charge in [-0.05, 0) is 81.3 Å². The van der Waals surface area contributed by atoms with E-state index >= 15 is 8.78 Å². The third kappa shape index (κ3) is 5.02. The molecular formula is C35H34F3N5O2. The van der Waals surface area contributed by atoms with Gasteiger partial charge in [-0.1, -0.05) is 12.0 Å². The molecule has 7 nitrogen and oxygen atoms in total. The maximum Gasteiger partial charge on any atom is 0.319 e. The molecule has 10 heteroatoms. The molecule has 2 N–H and O–H groups in total. The molecule has 0 amide bonds. The minimum absolute atomic E-state index is 0.0274. The van der Waals surface area contributed by atoms with Crippen LogP contribution in [0.5, 0.6) is 11.8 Å². The van der Waals surface area contributed by atoms with Gasteiger partial charge in [0.15, 0.2) is 5.82 Å². The highest BCUT2D eigenvalue weighted by atomic mass is 19.1. The summed E-state index contributed by atoms with van der Waals surface area (Å²) in [6, 6.07) is 6.99. The van der Waals surface area contributed by atoms with Gasteiger partial charge in [0.1, 0.15) is 28.7 Å². The van der Waals surface area contributed by atoms with E-state index in [1.54, 1.807) is 0 Å². The van der Waals surface area contributed by atoms with Crippen LogP contribution in [0.2, 0.25) is 0 Å². The summed E-state index contributed by atoms with van der Waals surface area (Å²) in [6.45, 7) is 4.86. The fraction of sp³-hybridized carbons (Fsp3) is 0.429. The first-order chi connectivity index (χ1) is 21.8. The molecule has 2 bridgehead atoms. The van der Waals surface area contributed by atoms with Crippen LogP contribution in [-0.2, 0) is 0 Å². The van der Waals surface area contributed by atoms with Gasteiger partial charge < -0.3 is 25.0 Å². The molecule has 1 aromatic heterocycles. The molecule has 4 aromatic rings. The number of hydrogen-bond donors (Lipinski definition) is 2. The van der Waals surface area contributed by atoms with Gasteiger partial charge in [-0.15, -0.1) is 6.42 Å². The van der Waals surface area contributed by atoms with Crippen molar-refractivity contribution in [1.82, 2.24) is 20.2 Å². The number of nitrogens with one attached hydrogen (secondary N) is 1. The number of hydrogen-bond acceptors (Lipinski definition) is 7. The first kappa shape index (κ1) is 28.4. The topological polar surface area (TPSA) is 73.8 Å². The Morgan fingerprint density at radius 1 is 1.02 bits per heavy atom. The van der Waals surface area contributed by atoms with E-state index in [9.17, 15) is 9.50 Å². The van der Waals surface area contributed by atoms with Crippen LogP contribution in [0.3, 0.4) is 0 Å². The molecule has 2 unspecified atom stereocenters. The van der Waals surface area contributed by atoms with Crippen LogP contribution in [0, 0.1) is 35.2 Å². The number of rotatable bonds is 7. The van der Waals surface area contributed by atoms with Gasteiger partial charge in [0.05, 0.1) is 17.7 Å². The van der Waals surface area contributed by atoms with Crippen molar-refractivity contribution in [3.8, 4) is 35.2 Å². The largest absolute Gasteiger partial charge is 0.508 e. The number of anilines is 1. The van der Waals surface area contributed by atoms with Crippen LogP contribution in [0.4, 0.5) is 19.0 Å². The molecular weight excluding hydrogens is 579 g/mol. The number of phenolic OH excluding ortho intramolecular Hbond substituents is 1. The third-order valence-corrected chi connectivity index (χ3v) is 10.0. The number of benzene rings is 3. The Hall–Kier alpha value is -4.07. The summed E-state index contributed by atoms with van der Waals surface area (Å²) in [5.74, 6) is -0.0259. The Kier molecular flexibility index (Phi) is 6.80. The second-order valence-corrected chi connectivity index (χ2v) is 13.2. The zero-order valence-electron chi connectivity index (χ0n) is 24.9. The molecule has 4 heterocycles. The smallest absolute Gasteiger partial charge is 0.319 e. The van der Waals surface area contributed by atoms with Gasteiger partial charge >= 0.3 is 6.01 Å². The van der Waals surface area contributed by atoms with E-state index in [4.69, 9.17) is 16.1 Å². The number of fused-ring (bicyclic) bond motifs is 4. The number of aromatic hydroxyl groups is 1. The number of phenols is 1. The van der Waals surface area contributed by atoms with Gasteiger partial charge in [-0.25, -0.2) is 13.2 Å². The van der Waals surface area contributed by atoms with Crippen LogP contribution in [0.25, 0.3) is 32.8 Å². The second kappa shape index (κ2) is 10.8. The molecule has 4 fully saturated rings. The van der Waals surface area contributed by atoms with Crippen molar-refractivity contribution < 1.29 is 23.0 Å². The van der Waals surface area contributed by atoms with Crippen molar-refractivity contribution >= 4 is 27.5 Å². The molecule has 0 radical (unpaired) electrons. The number of nitrogens with zero attached hydrogens (tertiary/aromatic N) is 4. The van der Waals surface area contributed by atoms with Crippen molar-refractivity contribution in [2.24, 2.45) is 5.41 Å². The Morgan fingerprint density at radius 2 is 1.78 bits per heavy atom. The summed E-state index contributed by atoms with van der Waals surface area (Å²) in [6.07, 6.45) is 12.2. The first-order valence-electron chi connectivity index (χ1n) is 15.8. The van der Waals surface area contributed by atoms with Crippen LogP contribution in [-0.4, -0.2) is 71.4 Å². The quantitative estimate of drug-likeness (QED) is 0.257. The van der Waals surface area contributed by atoms with Crippen LogP contribution in [0.15, 0.2) is 30.3 Å². The molecule has 0 spiro atoms. The fourth-order valence-electron chi connectivity index (χ4n) is 7.60. The summed E-state index contributed by atoms with van der Waals surface area (Å²) in [5, 5.41) is 14.8. The van der Waals surface area contributed by atoms with Gasteiger partial charge in [0.25, 0.3) is 0 Å². The van der Waals surface area contributed by atoms with Crippen LogP contribution < -0.4 is 15.0 Å². The number of piperazine rings is 1. The minimum Gasteiger partial charge on any atom is -0.508 e. The maximum absolute atomic E-state index is 16.8. The van der Waals surface area contributed by atoms with Crippen molar-refractivity contribution in [2.75, 3.05) is 44.2 Å². The lowest BCUT2D eigenvalue weighted by Crippen LogP contribution is -2.51. The average molecular weight is 614 g/mol. The van der Waals surface area contributed by atoms with Gasteiger partial charge in [-0.2, -0.15) is 9.97 Å². The molecule has 1 aliphatic carbocycles. The van der Waals surface area contributed by atoms with Gasteiger partial charge in [0, 0.05) is 53.5 Å². The van der Waals surface area contributed by atoms with Crippen molar-refractivity contribution in [3.63, 3.8) is 0 Å². The highest BCUT2D eigenvalue weighted by molar-refractivity contribution is 6.04. The van der Waals surface area contributed by atoms with Gasteiger partial charge in [-0.3, -0.25) is 0 Å². The highest BCUT2D eigenvalue weighted by Crippen LogP contribution is 2.47. The fourth-order valence-corrected chi connectivity index (χ4v) is 7.60. The van der Waals surface area contributed by atoms with E-state index in [0.717, 1.165) is 45.3 Å². The van der Waals surface area contributed by atoms with Crippen molar-refractivity contribution in [3.05, 3.63) is 53.3 Å². The molecule has 3 aliphatic heterocycles. The second-order valence-electron chi connectivity index (χ2n) is 13.2. The zero-order valence-corrected chi connectivity index (χ0v) is 24.9. The number of terminal acetylenes is 1. The van der Waals surface area contributed by atoms with E-state index in [-0.39, 0.29) is 56.7 Å². The van der Waals surface area contributed by atoms with E-state index in [1.165, 1.54) is 43.2 Å². The zero-order chi connectivity index (χ0) is 30.9. The van der Waals surface area contributed by atoms with E-state index < -0.39 is 23.0 Å². The van der Waals surface area contributed by atoms with Crippen LogP contribution >= 0.6 is 0 Å². The normalized spacial score (nSPS) is 22.3. The monoisotopic (exact) mass is 613 g/mol. The molecule has 45 heavy (non-hydrogen) atoms. The molecule has 8 rings (SSSR count). The lowest BCUT2D eigenvalue weighted by molar-refractivity contribution is 0.170. The van der Waals surface area contributed by atoms with E-state index in [0.29, 0.717) is 30.9 Å². The molecule has 4 aliphatic rings. The standard InChI is InChI=1S/C35H34F3N5O2/c1-2-24-27(36)8-5-20-13-23(44)14-25(29(20)24)30-28(37)15-26-32(31(30)38)40-34(41-33(26)43-16-21-6-7-22(17-43)39-21)45-19-35(9-10-35)18-42-11-3-4-12-42/h1,5,8,13-15,21-22,39,44H,3-4,6-7,9-12,16-19H2. The maximum atomic E-state index is 16.8. The molecule has 232 valence electrons. The molecule has 2 atom stereocenters. The predicted molar refractivity (Wildman–Crippen MR) is 167 cm³/mol. The molecule has 3 aromatic carbocycles. The Morgan fingerprint density at radius 3 is 2.49 bits per heavy atom. The van der Waals surface area contributed by atoms with E-state index in [1.807, 2.05) is 0 Å². The summed E-state index contributed by atoms with van der Waals surface area (Å²) in [7, 11) is 0. The Bertz CT molecular complexity index is 1870. The SMILES string of the molecule is C#Cc1c(F)ccc2cc(O)cc(-c3c(F)cc4c(N5CC6CCC(C5)N6)nc(OCC5(CN6CCCC6)CC5)nc4c3F)c12. The number of likely N-dealkylation sites (tertiary alicyclic amines) is 1. The van der Waals surface area contributed by atoms with E-state index in [2.05, 4.69) is 26.0 Å².